The minimum absolute atomic E-state index is 0.0445. The predicted molar refractivity (Wildman–Crippen MR) is 144 cm³/mol. The smallest absolute Gasteiger partial charge is 0.276 e. The van der Waals surface area contributed by atoms with Crippen molar-refractivity contribution in [1.29, 1.82) is 0 Å². The number of aliphatic hydroxyl groups excluding tert-OH is 1. The highest BCUT2D eigenvalue weighted by Gasteiger charge is 2.54. The fourth-order valence-electron chi connectivity index (χ4n) is 4.36. The van der Waals surface area contributed by atoms with Crippen molar-refractivity contribution in [3.63, 3.8) is 0 Å². The molecule has 1 amide bonds. The van der Waals surface area contributed by atoms with Crippen LogP contribution in [0.2, 0.25) is 0 Å². The third-order valence-electron chi connectivity index (χ3n) is 6.23. The van der Waals surface area contributed by atoms with Crippen molar-refractivity contribution in [3.8, 4) is 11.5 Å². The Morgan fingerprint density at radius 2 is 1.92 bits per heavy atom. The zero-order valence-electron chi connectivity index (χ0n) is 21.6. The highest BCUT2D eigenvalue weighted by molar-refractivity contribution is 6.01. The van der Waals surface area contributed by atoms with Crippen LogP contribution in [0.5, 0.6) is 11.5 Å². The molecule has 11 heteroatoms. The Balaban J connectivity index is 1.82. The van der Waals surface area contributed by atoms with Gasteiger partial charge in [0.15, 0.2) is 11.6 Å². The van der Waals surface area contributed by atoms with Gasteiger partial charge in [0.05, 0.1) is 20.8 Å². The number of hydrogen-bond acceptors (Lipinski definition) is 8. The van der Waals surface area contributed by atoms with E-state index in [4.69, 9.17) is 34.7 Å². The van der Waals surface area contributed by atoms with Crippen LogP contribution in [0.3, 0.4) is 0 Å². The third-order valence-corrected chi connectivity index (χ3v) is 6.23. The van der Waals surface area contributed by atoms with Gasteiger partial charge in [-0.25, -0.2) is 10.5 Å². The lowest BCUT2D eigenvalue weighted by Gasteiger charge is -2.30. The lowest BCUT2D eigenvalue weighted by Crippen LogP contribution is -2.49. The SMILES string of the molecule is CONC(=O)[C@@]1(Cc2ccccc2N=[N+]=[N-])N=C(c2ccc(OCCCO)cc2)O[C@H]1c1cccc(OC)c1. The Labute approximate surface area is 225 Å². The molecule has 1 aliphatic rings. The molecule has 2 atom stereocenters. The van der Waals surface area contributed by atoms with Crippen molar-refractivity contribution in [2.24, 2.45) is 10.1 Å². The Hall–Kier alpha value is -4.57. The minimum atomic E-state index is -1.53. The van der Waals surface area contributed by atoms with Crippen LogP contribution in [0, 0.1) is 0 Å². The van der Waals surface area contributed by atoms with Crippen molar-refractivity contribution >= 4 is 17.5 Å². The molecule has 0 fully saturated rings. The largest absolute Gasteiger partial charge is 0.497 e. The highest BCUT2D eigenvalue weighted by atomic mass is 16.6. The van der Waals surface area contributed by atoms with Gasteiger partial charge in [-0.15, -0.1) is 0 Å². The van der Waals surface area contributed by atoms with Crippen molar-refractivity contribution in [3.05, 3.63) is 99.9 Å². The molecule has 0 aliphatic carbocycles. The lowest BCUT2D eigenvalue weighted by atomic mass is 9.81. The summed E-state index contributed by atoms with van der Waals surface area (Å²) in [5.74, 6) is 0.927. The number of benzene rings is 3. The molecule has 11 nitrogen and oxygen atoms in total. The van der Waals surface area contributed by atoms with E-state index in [2.05, 4.69) is 15.5 Å². The number of aliphatic imine (C=N–C) groups is 1. The molecular formula is C28H29N5O6. The molecule has 0 radical (unpaired) electrons. The van der Waals surface area contributed by atoms with Crippen LogP contribution < -0.4 is 15.0 Å². The van der Waals surface area contributed by atoms with E-state index in [0.29, 0.717) is 46.9 Å². The Morgan fingerprint density at radius 1 is 1.13 bits per heavy atom. The molecule has 39 heavy (non-hydrogen) atoms. The number of hydrogen-bond donors (Lipinski definition) is 2. The van der Waals surface area contributed by atoms with E-state index in [1.54, 1.807) is 73.8 Å². The molecule has 3 aromatic carbocycles. The molecule has 0 aromatic heterocycles. The van der Waals surface area contributed by atoms with Gasteiger partial charge in [0, 0.05) is 35.6 Å². The summed E-state index contributed by atoms with van der Waals surface area (Å²) < 4.78 is 17.5. The van der Waals surface area contributed by atoms with Gasteiger partial charge in [0.1, 0.15) is 11.5 Å². The van der Waals surface area contributed by atoms with Gasteiger partial charge in [-0.3, -0.25) is 9.63 Å². The average molecular weight is 532 g/mol. The fraction of sp³-hybridized carbons (Fsp3) is 0.286. The summed E-state index contributed by atoms with van der Waals surface area (Å²) in [7, 11) is 2.90. The number of amides is 1. The number of methoxy groups -OCH3 is 1. The highest BCUT2D eigenvalue weighted by Crippen LogP contribution is 2.44. The van der Waals surface area contributed by atoms with Crippen LogP contribution in [0.25, 0.3) is 10.4 Å². The van der Waals surface area contributed by atoms with E-state index in [1.165, 1.54) is 7.11 Å². The van der Waals surface area contributed by atoms with Gasteiger partial charge >= 0.3 is 0 Å². The number of carbonyl (C=O) groups excluding carboxylic acids is 1. The van der Waals surface area contributed by atoms with Crippen molar-refractivity contribution < 1.29 is 28.9 Å². The molecule has 202 valence electrons. The first kappa shape index (κ1) is 27.5. The zero-order chi connectivity index (χ0) is 27.7. The standard InChI is InChI=1S/C28H29N5O6/c1-36-23-9-5-8-20(17-23)25-28(27(35)32-37-2,18-21-7-3-4-10-24(21)31-33-29)30-26(39-25)19-11-13-22(14-12-19)38-16-6-15-34/h3-5,7-14,17,25,34H,6,15-16,18H2,1-2H3,(H,32,35)/t25-,28-/m0/s1. The van der Waals surface area contributed by atoms with Crippen molar-refractivity contribution in [1.82, 2.24) is 5.48 Å². The second kappa shape index (κ2) is 12.8. The summed E-state index contributed by atoms with van der Waals surface area (Å²) in [5.41, 5.74) is 12.3. The monoisotopic (exact) mass is 531 g/mol. The summed E-state index contributed by atoms with van der Waals surface area (Å²) >= 11 is 0. The molecule has 1 aliphatic heterocycles. The first-order valence-corrected chi connectivity index (χ1v) is 12.3. The Bertz CT molecular complexity index is 1370. The number of rotatable bonds is 12. The molecule has 0 bridgehead atoms. The van der Waals surface area contributed by atoms with Crippen LogP contribution in [-0.2, 0) is 20.8 Å². The van der Waals surface area contributed by atoms with Crippen molar-refractivity contribution in [2.75, 3.05) is 27.4 Å². The summed E-state index contributed by atoms with van der Waals surface area (Å²) in [6, 6.07) is 21.3. The summed E-state index contributed by atoms with van der Waals surface area (Å²) in [6.07, 6.45) is -0.309. The quantitative estimate of drug-likeness (QED) is 0.115. The van der Waals surface area contributed by atoms with Gasteiger partial charge in [-0.1, -0.05) is 41.5 Å². The number of carbonyl (C=O) groups is 1. The number of azide groups is 1. The molecule has 2 N–H and O–H groups in total. The van der Waals surface area contributed by atoms with E-state index >= 15 is 0 Å². The van der Waals surface area contributed by atoms with Gasteiger partial charge in [0.2, 0.25) is 5.90 Å². The first-order valence-electron chi connectivity index (χ1n) is 12.3. The average Bonchev–Trinajstić information content (AvgIpc) is 3.35. The van der Waals surface area contributed by atoms with Gasteiger partial charge < -0.3 is 19.3 Å². The van der Waals surface area contributed by atoms with Crippen LogP contribution >= 0.6 is 0 Å². The van der Waals surface area contributed by atoms with Gasteiger partial charge in [-0.2, -0.15) is 0 Å². The Morgan fingerprint density at radius 3 is 2.64 bits per heavy atom. The maximum Gasteiger partial charge on any atom is 0.276 e. The first-order chi connectivity index (χ1) is 19.0. The minimum Gasteiger partial charge on any atom is -0.497 e. The second-order valence-electron chi connectivity index (χ2n) is 8.70. The summed E-state index contributed by atoms with van der Waals surface area (Å²) in [5, 5.41) is 12.8. The fourth-order valence-corrected chi connectivity index (χ4v) is 4.36. The molecule has 4 rings (SSSR count). The molecular weight excluding hydrogens is 502 g/mol. The van der Waals surface area contributed by atoms with E-state index in [1.807, 2.05) is 6.07 Å². The maximum absolute atomic E-state index is 13.8. The number of hydroxylamine groups is 1. The van der Waals surface area contributed by atoms with E-state index < -0.39 is 17.6 Å². The predicted octanol–water partition coefficient (Wildman–Crippen LogP) is 4.58. The normalized spacial score (nSPS) is 17.9. The maximum atomic E-state index is 13.8. The number of aliphatic hydroxyl groups is 1. The molecule has 0 unspecified atom stereocenters. The van der Waals surface area contributed by atoms with E-state index in [0.717, 1.165) is 0 Å². The number of ether oxygens (including phenoxy) is 3. The lowest BCUT2D eigenvalue weighted by molar-refractivity contribution is -0.139. The Kier molecular flexibility index (Phi) is 9.01. The molecule has 0 saturated carbocycles. The number of nitrogens with one attached hydrogen (secondary N) is 1. The van der Waals surface area contributed by atoms with Crippen LogP contribution in [-0.4, -0.2) is 49.9 Å². The summed E-state index contributed by atoms with van der Waals surface area (Å²) in [6.45, 7) is 0.429. The van der Waals surface area contributed by atoms with Crippen LogP contribution in [0.15, 0.2) is 82.9 Å². The van der Waals surface area contributed by atoms with Gasteiger partial charge in [0.25, 0.3) is 5.91 Å². The third kappa shape index (κ3) is 6.12. The molecule has 0 saturated heterocycles. The molecule has 1 heterocycles. The van der Waals surface area contributed by atoms with E-state index in [9.17, 15) is 4.79 Å². The second-order valence-corrected chi connectivity index (χ2v) is 8.70. The zero-order valence-corrected chi connectivity index (χ0v) is 21.6. The summed E-state index contributed by atoms with van der Waals surface area (Å²) in [4.78, 5) is 26.6. The van der Waals surface area contributed by atoms with Crippen LogP contribution in [0.1, 0.15) is 29.2 Å². The van der Waals surface area contributed by atoms with E-state index in [-0.39, 0.29) is 18.9 Å². The molecule has 3 aromatic rings. The molecule has 0 spiro atoms. The van der Waals surface area contributed by atoms with Crippen molar-refractivity contribution in [2.45, 2.75) is 24.5 Å². The van der Waals surface area contributed by atoms with Crippen LogP contribution in [0.4, 0.5) is 5.69 Å². The van der Waals surface area contributed by atoms with Gasteiger partial charge in [-0.05, 0) is 53.1 Å². The number of nitrogens with zero attached hydrogens (tertiary/aromatic N) is 4. The topological polar surface area (TPSA) is 147 Å².